The fraction of sp³-hybridized carbons (Fsp3) is 0.120. The highest BCUT2D eigenvalue weighted by molar-refractivity contribution is 9.10. The van der Waals surface area contributed by atoms with Crippen LogP contribution >= 0.6 is 31.9 Å². The fourth-order valence-electron chi connectivity index (χ4n) is 2.97. The average Bonchev–Trinajstić information content (AvgIpc) is 2.77. The Morgan fingerprint density at radius 2 is 1.88 bits per heavy atom. The third-order valence-corrected chi connectivity index (χ3v) is 5.90. The highest BCUT2D eigenvalue weighted by Gasteiger charge is 2.15. The summed E-state index contributed by atoms with van der Waals surface area (Å²) in [5, 5.41) is 12.3. The normalized spacial score (nSPS) is 10.9. The molecular formula is C25H20Br2N2O3. The SMILES string of the molecule is COc1cc(/C=C(\C#N)C(=O)Nc2cccc(C)c2)cc(Br)c1OCc1ccccc1Br. The number of rotatable bonds is 7. The number of nitrogens with zero attached hydrogens (tertiary/aromatic N) is 1. The van der Waals surface area contributed by atoms with Crippen LogP contribution in [0.5, 0.6) is 11.5 Å². The highest BCUT2D eigenvalue weighted by atomic mass is 79.9. The quantitative estimate of drug-likeness (QED) is 0.261. The van der Waals surface area contributed by atoms with Gasteiger partial charge in [-0.3, -0.25) is 4.79 Å². The lowest BCUT2D eigenvalue weighted by atomic mass is 10.1. The molecule has 7 heteroatoms. The van der Waals surface area contributed by atoms with Gasteiger partial charge in [-0.2, -0.15) is 5.26 Å². The number of amides is 1. The van der Waals surface area contributed by atoms with Gasteiger partial charge in [0.1, 0.15) is 18.2 Å². The van der Waals surface area contributed by atoms with Crippen LogP contribution < -0.4 is 14.8 Å². The van der Waals surface area contributed by atoms with E-state index in [9.17, 15) is 10.1 Å². The molecule has 0 aliphatic carbocycles. The molecule has 0 aliphatic rings. The van der Waals surface area contributed by atoms with Crippen molar-refractivity contribution >= 4 is 49.5 Å². The number of nitriles is 1. The number of hydrogen-bond donors (Lipinski definition) is 1. The first-order valence-electron chi connectivity index (χ1n) is 9.65. The predicted octanol–water partition coefficient (Wildman–Crippen LogP) is 6.65. The van der Waals surface area contributed by atoms with E-state index in [2.05, 4.69) is 37.2 Å². The van der Waals surface area contributed by atoms with Gasteiger partial charge >= 0.3 is 0 Å². The molecule has 1 N–H and O–H groups in total. The molecule has 0 saturated carbocycles. The van der Waals surface area contributed by atoms with E-state index in [-0.39, 0.29) is 5.57 Å². The second-order valence-corrected chi connectivity index (χ2v) is 8.62. The Bertz CT molecular complexity index is 1220. The topological polar surface area (TPSA) is 71.3 Å². The summed E-state index contributed by atoms with van der Waals surface area (Å²) in [6, 6.07) is 20.6. The molecule has 1 amide bonds. The molecule has 3 aromatic rings. The van der Waals surface area contributed by atoms with Gasteiger partial charge in [-0.25, -0.2) is 0 Å². The number of methoxy groups -OCH3 is 1. The lowest BCUT2D eigenvalue weighted by molar-refractivity contribution is -0.112. The largest absolute Gasteiger partial charge is 0.493 e. The summed E-state index contributed by atoms with van der Waals surface area (Å²) in [5.41, 5.74) is 3.23. The molecule has 0 aliphatic heterocycles. The van der Waals surface area contributed by atoms with Gasteiger partial charge in [0.2, 0.25) is 0 Å². The van der Waals surface area contributed by atoms with E-state index in [1.165, 1.54) is 13.2 Å². The minimum absolute atomic E-state index is 0.0256. The van der Waals surface area contributed by atoms with Crippen LogP contribution in [0, 0.1) is 18.3 Å². The van der Waals surface area contributed by atoms with Gasteiger partial charge in [-0.1, -0.05) is 46.3 Å². The molecule has 0 fully saturated rings. The van der Waals surface area contributed by atoms with Crippen LogP contribution in [-0.2, 0) is 11.4 Å². The zero-order chi connectivity index (χ0) is 23.1. The standard InChI is InChI=1S/C25H20Br2N2O3/c1-16-6-5-8-20(10-16)29-25(30)19(14-28)11-17-12-22(27)24(23(13-17)31-2)32-15-18-7-3-4-9-21(18)26/h3-13H,15H2,1-2H3,(H,29,30)/b19-11+. The molecule has 0 aromatic heterocycles. The van der Waals surface area contributed by atoms with Gasteiger partial charge in [-0.15, -0.1) is 0 Å². The van der Waals surface area contributed by atoms with E-state index in [0.29, 0.717) is 33.8 Å². The Hall–Kier alpha value is -3.08. The van der Waals surface area contributed by atoms with Crippen LogP contribution in [-0.4, -0.2) is 13.0 Å². The Morgan fingerprint density at radius 3 is 2.56 bits per heavy atom. The molecule has 162 valence electrons. The molecule has 0 atom stereocenters. The lowest BCUT2D eigenvalue weighted by Gasteiger charge is -2.14. The van der Waals surface area contributed by atoms with Crippen molar-refractivity contribution in [1.29, 1.82) is 5.26 Å². The zero-order valence-corrected chi connectivity index (χ0v) is 20.7. The minimum Gasteiger partial charge on any atom is -0.493 e. The van der Waals surface area contributed by atoms with E-state index in [0.717, 1.165) is 15.6 Å². The number of anilines is 1. The average molecular weight is 556 g/mol. The molecule has 5 nitrogen and oxygen atoms in total. The van der Waals surface area contributed by atoms with Crippen LogP contribution in [0.3, 0.4) is 0 Å². The van der Waals surface area contributed by atoms with Crippen molar-refractivity contribution in [2.24, 2.45) is 0 Å². The van der Waals surface area contributed by atoms with Crippen LogP contribution in [0.2, 0.25) is 0 Å². The second kappa shape index (κ2) is 11.0. The summed E-state index contributed by atoms with van der Waals surface area (Å²) >= 11 is 7.02. The first kappa shape index (κ1) is 23.6. The van der Waals surface area contributed by atoms with Gasteiger partial charge in [0, 0.05) is 15.7 Å². The monoisotopic (exact) mass is 554 g/mol. The predicted molar refractivity (Wildman–Crippen MR) is 133 cm³/mol. The summed E-state index contributed by atoms with van der Waals surface area (Å²) in [6.07, 6.45) is 1.51. The van der Waals surface area contributed by atoms with Gasteiger partial charge in [0.05, 0.1) is 11.6 Å². The van der Waals surface area contributed by atoms with Crippen molar-refractivity contribution < 1.29 is 14.3 Å². The van der Waals surface area contributed by atoms with Crippen molar-refractivity contribution in [1.82, 2.24) is 0 Å². The van der Waals surface area contributed by atoms with E-state index in [1.54, 1.807) is 18.2 Å². The lowest BCUT2D eigenvalue weighted by Crippen LogP contribution is -2.13. The number of aryl methyl sites for hydroxylation is 1. The van der Waals surface area contributed by atoms with Gasteiger partial charge in [0.15, 0.2) is 11.5 Å². The van der Waals surface area contributed by atoms with E-state index < -0.39 is 5.91 Å². The Balaban J connectivity index is 1.83. The smallest absolute Gasteiger partial charge is 0.266 e. The van der Waals surface area contributed by atoms with Crippen molar-refractivity contribution in [2.75, 3.05) is 12.4 Å². The second-order valence-electron chi connectivity index (χ2n) is 6.91. The van der Waals surface area contributed by atoms with E-state index in [1.807, 2.05) is 55.5 Å². The number of carbonyl (C=O) groups excluding carboxylic acids is 1. The summed E-state index contributed by atoms with van der Waals surface area (Å²) in [6.45, 7) is 2.27. The van der Waals surface area contributed by atoms with Crippen molar-refractivity contribution in [3.05, 3.63) is 91.9 Å². The van der Waals surface area contributed by atoms with Gasteiger partial charge < -0.3 is 14.8 Å². The summed E-state index contributed by atoms with van der Waals surface area (Å²) in [7, 11) is 1.54. The summed E-state index contributed by atoms with van der Waals surface area (Å²) < 4.78 is 13.1. The first-order chi connectivity index (χ1) is 15.4. The minimum atomic E-state index is -0.484. The number of hydrogen-bond acceptors (Lipinski definition) is 4. The molecular weight excluding hydrogens is 536 g/mol. The molecule has 32 heavy (non-hydrogen) atoms. The summed E-state index contributed by atoms with van der Waals surface area (Å²) in [4.78, 5) is 12.6. The molecule has 3 rings (SSSR count). The number of benzene rings is 3. The van der Waals surface area contributed by atoms with Crippen molar-refractivity contribution in [2.45, 2.75) is 13.5 Å². The van der Waals surface area contributed by atoms with Crippen LogP contribution in [0.4, 0.5) is 5.69 Å². The molecule has 0 saturated heterocycles. The fourth-order valence-corrected chi connectivity index (χ4v) is 3.94. The molecule has 3 aromatic carbocycles. The third kappa shape index (κ3) is 6.00. The van der Waals surface area contributed by atoms with E-state index in [4.69, 9.17) is 9.47 Å². The number of carbonyl (C=O) groups is 1. The molecule has 0 bridgehead atoms. The van der Waals surface area contributed by atoms with Crippen LogP contribution in [0.1, 0.15) is 16.7 Å². The number of ether oxygens (including phenoxy) is 2. The van der Waals surface area contributed by atoms with Crippen LogP contribution in [0.15, 0.2) is 75.2 Å². The van der Waals surface area contributed by atoms with Crippen molar-refractivity contribution in [3.63, 3.8) is 0 Å². The molecule has 0 unspecified atom stereocenters. The third-order valence-electron chi connectivity index (χ3n) is 4.53. The van der Waals surface area contributed by atoms with Crippen LogP contribution in [0.25, 0.3) is 6.08 Å². The maximum absolute atomic E-state index is 12.6. The Kier molecular flexibility index (Phi) is 8.09. The summed E-state index contributed by atoms with van der Waals surface area (Å²) in [5.74, 6) is 0.527. The molecule has 0 radical (unpaired) electrons. The van der Waals surface area contributed by atoms with E-state index >= 15 is 0 Å². The molecule has 0 spiro atoms. The number of nitrogens with one attached hydrogen (secondary N) is 1. The van der Waals surface area contributed by atoms with Gasteiger partial charge in [0.25, 0.3) is 5.91 Å². The Morgan fingerprint density at radius 1 is 1.09 bits per heavy atom. The Labute approximate surface area is 203 Å². The maximum Gasteiger partial charge on any atom is 0.266 e. The zero-order valence-electron chi connectivity index (χ0n) is 17.5. The number of halogens is 2. The van der Waals surface area contributed by atoms with Gasteiger partial charge in [-0.05, 0) is 70.4 Å². The first-order valence-corrected chi connectivity index (χ1v) is 11.2. The maximum atomic E-state index is 12.6. The highest BCUT2D eigenvalue weighted by Crippen LogP contribution is 2.38. The van der Waals surface area contributed by atoms with Crippen molar-refractivity contribution in [3.8, 4) is 17.6 Å². The molecule has 0 heterocycles.